The lowest BCUT2D eigenvalue weighted by molar-refractivity contribution is 0.249. The fourth-order valence-electron chi connectivity index (χ4n) is 1.34. The maximum atomic E-state index is 10.5. The number of ether oxygens (including phenoxy) is 2. The van der Waals surface area contributed by atoms with Gasteiger partial charge in [-0.3, -0.25) is 0 Å². The lowest BCUT2D eigenvalue weighted by atomic mass is 10.2. The van der Waals surface area contributed by atoms with Crippen LogP contribution in [0.25, 0.3) is 0 Å². The van der Waals surface area contributed by atoms with Crippen LogP contribution in [0.15, 0.2) is 17.2 Å². The van der Waals surface area contributed by atoms with E-state index in [0.29, 0.717) is 23.7 Å². The highest BCUT2D eigenvalue weighted by Gasteiger charge is 2.11. The number of nitrogens with two attached hydrogens (primary N) is 1. The first kappa shape index (κ1) is 16.0. The van der Waals surface area contributed by atoms with Gasteiger partial charge in [-0.05, 0) is 47.2 Å². The molecule has 1 aromatic carbocycles. The summed E-state index contributed by atoms with van der Waals surface area (Å²) >= 11 is 2.07. The zero-order valence-corrected chi connectivity index (χ0v) is 12.9. The van der Waals surface area contributed by atoms with Crippen molar-refractivity contribution < 1.29 is 14.3 Å². The lowest BCUT2D eigenvalue weighted by Crippen LogP contribution is -2.24. The molecule has 106 valence electrons. The molecule has 0 radical (unpaired) electrons. The van der Waals surface area contributed by atoms with Crippen LogP contribution in [0.5, 0.6) is 11.5 Å². The van der Waals surface area contributed by atoms with E-state index in [1.165, 1.54) is 6.21 Å². The molecule has 8 heteroatoms. The average Bonchev–Trinajstić information content (AvgIpc) is 2.38. The number of hydrazone groups is 1. The molecule has 0 fully saturated rings. The summed E-state index contributed by atoms with van der Waals surface area (Å²) in [6.07, 6.45) is 1.43. The molecule has 7 nitrogen and oxygen atoms in total. The number of benzene rings is 1. The van der Waals surface area contributed by atoms with Crippen molar-refractivity contribution in [1.29, 1.82) is 5.26 Å². The summed E-state index contributed by atoms with van der Waals surface area (Å²) < 4.78 is 11.6. The Hall–Kier alpha value is -2.02. The predicted octanol–water partition coefficient (Wildman–Crippen LogP) is 1.59. The average molecular weight is 388 g/mol. The van der Waals surface area contributed by atoms with Gasteiger partial charge in [-0.1, -0.05) is 0 Å². The predicted molar refractivity (Wildman–Crippen MR) is 81.7 cm³/mol. The maximum Gasteiger partial charge on any atom is 0.332 e. The Bertz CT molecular complexity index is 554. The summed E-state index contributed by atoms with van der Waals surface area (Å²) in [6, 6.07) is 4.64. The highest BCUT2D eigenvalue weighted by Crippen LogP contribution is 2.33. The fraction of sp³-hybridized carbons (Fsp3) is 0.250. The molecule has 0 saturated heterocycles. The number of hydrogen-bond acceptors (Lipinski definition) is 5. The van der Waals surface area contributed by atoms with Crippen LogP contribution in [0.1, 0.15) is 12.5 Å². The topological polar surface area (TPSA) is 110 Å². The van der Waals surface area contributed by atoms with E-state index < -0.39 is 6.03 Å². The van der Waals surface area contributed by atoms with Crippen molar-refractivity contribution in [3.05, 3.63) is 21.3 Å². The highest BCUT2D eigenvalue weighted by molar-refractivity contribution is 14.1. The molecule has 0 spiro atoms. The van der Waals surface area contributed by atoms with Gasteiger partial charge in [-0.25, -0.2) is 10.2 Å². The van der Waals surface area contributed by atoms with E-state index in [-0.39, 0.29) is 6.61 Å². The number of urea groups is 1. The number of primary amides is 1. The van der Waals surface area contributed by atoms with Crippen molar-refractivity contribution in [2.75, 3.05) is 13.2 Å². The van der Waals surface area contributed by atoms with Gasteiger partial charge >= 0.3 is 6.03 Å². The zero-order chi connectivity index (χ0) is 15.0. The second-order valence-corrected chi connectivity index (χ2v) is 4.61. The third kappa shape index (κ3) is 4.93. The number of carbonyl (C=O) groups is 1. The van der Waals surface area contributed by atoms with Gasteiger partial charge in [0, 0.05) is 0 Å². The van der Waals surface area contributed by atoms with Crippen molar-refractivity contribution in [2.24, 2.45) is 10.8 Å². The molecule has 0 atom stereocenters. The van der Waals surface area contributed by atoms with Crippen LogP contribution < -0.4 is 20.6 Å². The molecule has 2 amide bonds. The SMILES string of the molecule is CCOc1cc(C=NNC(N)=O)cc(I)c1OCC#N. The first-order valence-corrected chi connectivity index (χ1v) is 6.71. The number of nitrogens with one attached hydrogen (secondary N) is 1. The Kier molecular flexibility index (Phi) is 6.58. The lowest BCUT2D eigenvalue weighted by Gasteiger charge is -2.12. The van der Waals surface area contributed by atoms with Crippen LogP contribution in [-0.2, 0) is 0 Å². The molecule has 3 N–H and O–H groups in total. The monoisotopic (exact) mass is 388 g/mol. The quantitative estimate of drug-likeness (QED) is 0.438. The summed E-state index contributed by atoms with van der Waals surface area (Å²) in [4.78, 5) is 10.5. The van der Waals surface area contributed by atoms with Crippen molar-refractivity contribution in [2.45, 2.75) is 6.92 Å². The molecule has 0 aromatic heterocycles. The van der Waals surface area contributed by atoms with Gasteiger partial charge in [-0.15, -0.1) is 0 Å². The molecule has 20 heavy (non-hydrogen) atoms. The van der Waals surface area contributed by atoms with Crippen LogP contribution in [-0.4, -0.2) is 25.5 Å². The summed E-state index contributed by atoms with van der Waals surface area (Å²) in [5.41, 5.74) is 7.71. The van der Waals surface area contributed by atoms with E-state index in [2.05, 4.69) is 33.1 Å². The molecule has 1 aromatic rings. The molecule has 0 saturated carbocycles. The Balaban J connectivity index is 3.03. The number of nitrogens with zero attached hydrogens (tertiary/aromatic N) is 2. The highest BCUT2D eigenvalue weighted by atomic mass is 127. The minimum absolute atomic E-state index is 0.0628. The number of rotatable bonds is 6. The molecular formula is C12H13IN4O3. The number of halogens is 1. The maximum absolute atomic E-state index is 10.5. The third-order valence-electron chi connectivity index (χ3n) is 2.00. The Morgan fingerprint density at radius 1 is 1.60 bits per heavy atom. The molecule has 1 rings (SSSR count). The summed E-state index contributed by atoms with van der Waals surface area (Å²) in [5, 5.41) is 12.2. The van der Waals surface area contributed by atoms with Crippen LogP contribution in [0.4, 0.5) is 4.79 Å². The summed E-state index contributed by atoms with van der Waals surface area (Å²) in [7, 11) is 0. The fourth-order valence-corrected chi connectivity index (χ4v) is 2.12. The molecular weight excluding hydrogens is 375 g/mol. The minimum Gasteiger partial charge on any atom is -0.490 e. The Morgan fingerprint density at radius 3 is 2.95 bits per heavy atom. The van der Waals surface area contributed by atoms with Crippen LogP contribution in [0.3, 0.4) is 0 Å². The number of carbonyl (C=O) groups excluding carboxylic acids is 1. The van der Waals surface area contributed by atoms with Gasteiger partial charge in [0.15, 0.2) is 18.1 Å². The summed E-state index contributed by atoms with van der Waals surface area (Å²) in [5.74, 6) is 1.02. The van der Waals surface area contributed by atoms with Gasteiger partial charge in [0.1, 0.15) is 6.07 Å². The number of nitriles is 1. The largest absolute Gasteiger partial charge is 0.490 e. The van der Waals surface area contributed by atoms with Gasteiger partial charge in [0.2, 0.25) is 0 Å². The second-order valence-electron chi connectivity index (χ2n) is 3.44. The molecule has 0 aliphatic heterocycles. The smallest absolute Gasteiger partial charge is 0.332 e. The Labute approximate surface area is 129 Å². The van der Waals surface area contributed by atoms with E-state index in [1.807, 2.05) is 13.0 Å². The van der Waals surface area contributed by atoms with E-state index in [0.717, 1.165) is 3.57 Å². The molecule has 0 aliphatic carbocycles. The molecule has 0 unspecified atom stereocenters. The van der Waals surface area contributed by atoms with Crippen molar-refractivity contribution >= 4 is 34.8 Å². The first-order valence-electron chi connectivity index (χ1n) is 5.63. The van der Waals surface area contributed by atoms with E-state index in [1.54, 1.807) is 12.1 Å². The van der Waals surface area contributed by atoms with Crippen LogP contribution in [0.2, 0.25) is 0 Å². The number of hydrogen-bond donors (Lipinski definition) is 2. The van der Waals surface area contributed by atoms with E-state index in [9.17, 15) is 4.79 Å². The van der Waals surface area contributed by atoms with Crippen LogP contribution >= 0.6 is 22.6 Å². The van der Waals surface area contributed by atoms with E-state index >= 15 is 0 Å². The molecule has 0 bridgehead atoms. The van der Waals surface area contributed by atoms with Crippen molar-refractivity contribution in [3.63, 3.8) is 0 Å². The standard InChI is InChI=1S/C12H13IN4O3/c1-2-19-10-6-8(7-16-17-12(15)18)5-9(13)11(10)20-4-3-14/h5-7H,2,4H2,1H3,(H3,15,17,18). The van der Waals surface area contributed by atoms with Crippen LogP contribution in [0, 0.1) is 14.9 Å². The first-order chi connectivity index (χ1) is 9.58. The second kappa shape index (κ2) is 8.21. The minimum atomic E-state index is -0.741. The van der Waals surface area contributed by atoms with Gasteiger partial charge in [0.25, 0.3) is 0 Å². The molecule has 0 heterocycles. The third-order valence-corrected chi connectivity index (χ3v) is 2.80. The Morgan fingerprint density at radius 2 is 2.35 bits per heavy atom. The van der Waals surface area contributed by atoms with Crippen molar-refractivity contribution in [1.82, 2.24) is 5.43 Å². The zero-order valence-electron chi connectivity index (χ0n) is 10.7. The summed E-state index contributed by atoms with van der Waals surface area (Å²) in [6.45, 7) is 2.24. The van der Waals surface area contributed by atoms with Gasteiger partial charge < -0.3 is 15.2 Å². The molecule has 0 aliphatic rings. The van der Waals surface area contributed by atoms with Gasteiger partial charge in [-0.2, -0.15) is 10.4 Å². The normalized spacial score (nSPS) is 10.1. The van der Waals surface area contributed by atoms with Gasteiger partial charge in [0.05, 0.1) is 16.4 Å². The van der Waals surface area contributed by atoms with Crippen molar-refractivity contribution in [3.8, 4) is 17.6 Å². The van der Waals surface area contributed by atoms with E-state index in [4.69, 9.17) is 20.5 Å². The number of amides is 2.